The van der Waals surface area contributed by atoms with Crippen molar-refractivity contribution in [3.63, 3.8) is 0 Å². The van der Waals surface area contributed by atoms with Gasteiger partial charge in [-0.05, 0) is 12.1 Å². The maximum atomic E-state index is 14.1. The van der Waals surface area contributed by atoms with Crippen LogP contribution in [0.3, 0.4) is 0 Å². The number of aromatic nitrogens is 2. The van der Waals surface area contributed by atoms with Gasteiger partial charge < -0.3 is 5.73 Å². The number of hydrogen-bond acceptors (Lipinski definition) is 3. The van der Waals surface area contributed by atoms with E-state index in [0.29, 0.717) is 0 Å². The Morgan fingerprint density at radius 3 is 2.53 bits per heavy atom. The summed E-state index contributed by atoms with van der Waals surface area (Å²) in [5.41, 5.74) is 3.50. The molecule has 1 heterocycles. The highest BCUT2D eigenvalue weighted by Gasteiger charge is 2.23. The number of alkyl halides is 2. The van der Waals surface area contributed by atoms with Crippen molar-refractivity contribution in [3.05, 3.63) is 47.7 Å². The molecule has 2 rings (SSSR count). The molecule has 1 aromatic heterocycles. The smallest absolute Gasteiger partial charge is 0.264 e. The first-order valence-corrected chi connectivity index (χ1v) is 5.19. The van der Waals surface area contributed by atoms with Crippen LogP contribution >= 0.6 is 0 Å². The molecule has 4 nitrogen and oxygen atoms in total. The number of nitrogens with zero attached hydrogens (tertiary/aromatic N) is 2. The predicted octanol–water partition coefficient (Wildman–Crippen LogP) is 2.32. The van der Waals surface area contributed by atoms with Gasteiger partial charge in [-0.15, -0.1) is 0 Å². The Morgan fingerprint density at radius 2 is 2.00 bits per heavy atom. The number of halogens is 3. The lowest BCUT2D eigenvalue weighted by atomic mass is 9.99. The van der Waals surface area contributed by atoms with Crippen molar-refractivity contribution in [3.8, 4) is 11.3 Å². The summed E-state index contributed by atoms with van der Waals surface area (Å²) in [4.78, 5) is 18.4. The van der Waals surface area contributed by atoms with Crippen LogP contribution < -0.4 is 5.73 Å². The van der Waals surface area contributed by atoms with Gasteiger partial charge in [-0.2, -0.15) is 0 Å². The van der Waals surface area contributed by atoms with E-state index < -0.39 is 34.8 Å². The Hall–Kier alpha value is -2.44. The Morgan fingerprint density at radius 1 is 1.26 bits per heavy atom. The van der Waals surface area contributed by atoms with E-state index in [2.05, 4.69) is 9.97 Å². The third kappa shape index (κ3) is 2.40. The van der Waals surface area contributed by atoms with Crippen LogP contribution in [0.15, 0.2) is 30.7 Å². The van der Waals surface area contributed by atoms with Crippen LogP contribution in [-0.4, -0.2) is 15.9 Å². The van der Waals surface area contributed by atoms with Crippen molar-refractivity contribution in [2.75, 3.05) is 0 Å². The fourth-order valence-corrected chi connectivity index (χ4v) is 1.66. The van der Waals surface area contributed by atoms with Crippen LogP contribution in [0.4, 0.5) is 13.2 Å². The predicted molar refractivity (Wildman–Crippen MR) is 60.9 cm³/mol. The third-order valence-electron chi connectivity index (χ3n) is 2.51. The normalized spacial score (nSPS) is 10.7. The minimum atomic E-state index is -2.90. The van der Waals surface area contributed by atoms with Gasteiger partial charge in [-0.1, -0.05) is 6.07 Å². The van der Waals surface area contributed by atoms with Gasteiger partial charge in [0.2, 0.25) is 0 Å². The molecule has 7 heteroatoms. The summed E-state index contributed by atoms with van der Waals surface area (Å²) in [6.07, 6.45) is -0.518. The van der Waals surface area contributed by atoms with Crippen LogP contribution in [-0.2, 0) is 0 Å². The van der Waals surface area contributed by atoms with Gasteiger partial charge in [-0.25, -0.2) is 23.1 Å². The van der Waals surface area contributed by atoms with E-state index in [0.717, 1.165) is 18.5 Å². The Balaban J connectivity index is 2.74. The molecule has 0 aliphatic heterocycles. The fraction of sp³-hybridized carbons (Fsp3) is 0.0833. The number of rotatable bonds is 3. The SMILES string of the molecule is NC(=O)c1ccc(C(F)F)c(-c2ccncn2)c1F. The van der Waals surface area contributed by atoms with E-state index in [4.69, 9.17) is 5.73 Å². The molecule has 19 heavy (non-hydrogen) atoms. The molecule has 1 aromatic carbocycles. The minimum absolute atomic E-state index is 0.0362. The number of benzene rings is 1. The van der Waals surface area contributed by atoms with E-state index in [-0.39, 0.29) is 5.69 Å². The summed E-state index contributed by atoms with van der Waals surface area (Å²) >= 11 is 0. The minimum Gasteiger partial charge on any atom is -0.366 e. The Labute approximate surface area is 106 Å². The second-order valence-electron chi connectivity index (χ2n) is 3.65. The quantitative estimate of drug-likeness (QED) is 0.927. The van der Waals surface area contributed by atoms with Gasteiger partial charge in [0.05, 0.1) is 11.3 Å². The van der Waals surface area contributed by atoms with Crippen LogP contribution in [0.25, 0.3) is 11.3 Å². The highest BCUT2D eigenvalue weighted by molar-refractivity contribution is 5.94. The van der Waals surface area contributed by atoms with Crippen molar-refractivity contribution >= 4 is 5.91 Å². The molecule has 0 aliphatic rings. The molecule has 0 fully saturated rings. The first-order chi connectivity index (χ1) is 9.02. The molecule has 0 atom stereocenters. The lowest BCUT2D eigenvalue weighted by Gasteiger charge is -2.11. The van der Waals surface area contributed by atoms with Gasteiger partial charge in [0.25, 0.3) is 12.3 Å². The van der Waals surface area contributed by atoms with Gasteiger partial charge in [0, 0.05) is 17.3 Å². The van der Waals surface area contributed by atoms with E-state index in [1.807, 2.05) is 0 Å². The Bertz CT molecular complexity index is 617. The van der Waals surface area contributed by atoms with Crippen molar-refractivity contribution in [2.24, 2.45) is 5.73 Å². The lowest BCUT2D eigenvalue weighted by Crippen LogP contribution is -2.14. The summed E-state index contributed by atoms with van der Waals surface area (Å²) < 4.78 is 39.9. The van der Waals surface area contributed by atoms with Crippen LogP contribution in [0.5, 0.6) is 0 Å². The highest BCUT2D eigenvalue weighted by atomic mass is 19.3. The van der Waals surface area contributed by atoms with Crippen LogP contribution in [0.1, 0.15) is 22.3 Å². The summed E-state index contributed by atoms with van der Waals surface area (Å²) in [5, 5.41) is 0. The number of amides is 1. The van der Waals surface area contributed by atoms with Crippen molar-refractivity contribution in [2.45, 2.75) is 6.43 Å². The number of nitrogens with two attached hydrogens (primary N) is 1. The van der Waals surface area contributed by atoms with Crippen molar-refractivity contribution in [1.82, 2.24) is 9.97 Å². The summed E-state index contributed by atoms with van der Waals surface area (Å²) in [6.45, 7) is 0. The average molecular weight is 267 g/mol. The monoisotopic (exact) mass is 267 g/mol. The van der Waals surface area contributed by atoms with E-state index in [1.165, 1.54) is 12.3 Å². The second kappa shape index (κ2) is 5.05. The van der Waals surface area contributed by atoms with Crippen molar-refractivity contribution in [1.29, 1.82) is 0 Å². The summed E-state index contributed by atoms with van der Waals surface area (Å²) in [6, 6.07) is 3.17. The van der Waals surface area contributed by atoms with Crippen LogP contribution in [0, 0.1) is 5.82 Å². The maximum Gasteiger partial charge on any atom is 0.264 e. The topological polar surface area (TPSA) is 68.9 Å². The van der Waals surface area contributed by atoms with E-state index in [1.54, 1.807) is 0 Å². The van der Waals surface area contributed by atoms with Crippen molar-refractivity contribution < 1.29 is 18.0 Å². The van der Waals surface area contributed by atoms with E-state index >= 15 is 0 Å². The van der Waals surface area contributed by atoms with Gasteiger partial charge in [0.15, 0.2) is 0 Å². The molecule has 0 saturated heterocycles. The fourth-order valence-electron chi connectivity index (χ4n) is 1.66. The van der Waals surface area contributed by atoms with E-state index in [9.17, 15) is 18.0 Å². The molecule has 0 saturated carbocycles. The number of hydrogen-bond donors (Lipinski definition) is 1. The molecular formula is C12H8F3N3O. The number of carbonyl (C=O) groups is 1. The number of carbonyl (C=O) groups excluding carboxylic acids is 1. The largest absolute Gasteiger partial charge is 0.366 e. The molecular weight excluding hydrogens is 259 g/mol. The maximum absolute atomic E-state index is 14.1. The van der Waals surface area contributed by atoms with Gasteiger partial charge >= 0.3 is 0 Å². The molecule has 0 aliphatic carbocycles. The summed E-state index contributed by atoms with van der Waals surface area (Å²) in [7, 11) is 0. The molecule has 98 valence electrons. The molecule has 0 spiro atoms. The average Bonchev–Trinajstić information content (AvgIpc) is 2.38. The molecule has 0 unspecified atom stereocenters. The zero-order valence-corrected chi connectivity index (χ0v) is 9.48. The number of primary amides is 1. The van der Waals surface area contributed by atoms with Gasteiger partial charge in [-0.3, -0.25) is 4.79 Å². The third-order valence-corrected chi connectivity index (χ3v) is 2.51. The first-order valence-electron chi connectivity index (χ1n) is 5.19. The highest BCUT2D eigenvalue weighted by Crippen LogP contribution is 2.33. The molecule has 2 N–H and O–H groups in total. The molecule has 1 amide bonds. The zero-order valence-electron chi connectivity index (χ0n) is 9.48. The molecule has 0 radical (unpaired) electrons. The first kappa shape index (κ1) is 13.0. The Kier molecular flexibility index (Phi) is 3.46. The van der Waals surface area contributed by atoms with Crippen LogP contribution in [0.2, 0.25) is 0 Å². The van der Waals surface area contributed by atoms with Gasteiger partial charge in [0.1, 0.15) is 12.1 Å². The standard InChI is InChI=1S/C12H8F3N3O/c13-10-7(12(16)19)2-1-6(11(14)15)9(10)8-3-4-17-5-18-8/h1-5,11H,(H2,16,19). The zero-order chi connectivity index (χ0) is 14.0. The molecule has 2 aromatic rings. The summed E-state index contributed by atoms with van der Waals surface area (Å²) in [5.74, 6) is -2.14. The molecule has 0 bridgehead atoms. The lowest BCUT2D eigenvalue weighted by molar-refractivity contribution is 0.0995. The second-order valence-corrected chi connectivity index (χ2v) is 3.65.